The van der Waals surface area contributed by atoms with Gasteiger partial charge in [0.1, 0.15) is 0 Å². The third-order valence-corrected chi connectivity index (χ3v) is 0.659. The highest BCUT2D eigenvalue weighted by atomic mass is 16.5. The maximum absolute atomic E-state index is 9.75. The van der Waals surface area contributed by atoms with Crippen LogP contribution in [-0.2, 0) is 14.3 Å². The van der Waals surface area contributed by atoms with Crippen LogP contribution in [0.1, 0.15) is 13.8 Å². The van der Waals surface area contributed by atoms with Gasteiger partial charge in [-0.2, -0.15) is 0 Å². The van der Waals surface area contributed by atoms with Crippen molar-refractivity contribution in [3.8, 4) is 0 Å². The molecule has 0 bridgehead atoms. The number of carboxylic acid groups (broad SMARTS) is 1. The molecule has 0 heterocycles. The Kier molecular flexibility index (Phi) is 23.6. The number of hydrogen-bond acceptors (Lipinski definition) is 5. The highest BCUT2D eigenvalue weighted by molar-refractivity contribution is 5.79. The Morgan fingerprint density at radius 2 is 1.75 bits per heavy atom. The van der Waals surface area contributed by atoms with E-state index in [9.17, 15) is 9.59 Å². The van der Waals surface area contributed by atoms with Gasteiger partial charge in [-0.05, 0) is 6.92 Å². The molecule has 3 N–H and O–H groups in total. The number of carbonyl (C=O) groups excluding carboxylic acids is 1. The Morgan fingerprint density at radius 3 is 1.75 bits per heavy atom. The molecule has 6 nitrogen and oxygen atoms in total. The number of carboxylic acids is 1. The van der Waals surface area contributed by atoms with Crippen LogP contribution in [0.4, 0.5) is 0 Å². The van der Waals surface area contributed by atoms with Crippen LogP contribution in [0, 0.1) is 0 Å². The molecule has 0 saturated heterocycles. The monoisotopic (exact) mass is 234 g/mol. The van der Waals surface area contributed by atoms with Gasteiger partial charge in [0, 0.05) is 13.0 Å². The molecular weight excluding hydrogens is 216 g/mol. The van der Waals surface area contributed by atoms with Gasteiger partial charge in [0.2, 0.25) is 0 Å². The topological polar surface area (TPSA) is 104 Å². The average molecular weight is 234 g/mol. The van der Waals surface area contributed by atoms with E-state index in [2.05, 4.69) is 11.3 Å². The largest absolute Gasteiger partial charge is 0.478 e. The van der Waals surface area contributed by atoms with E-state index in [0.29, 0.717) is 0 Å². The van der Waals surface area contributed by atoms with Crippen molar-refractivity contribution in [1.82, 2.24) is 0 Å². The fourth-order valence-corrected chi connectivity index (χ4v) is 0.260. The molecule has 0 radical (unpaired) electrons. The number of aliphatic carboxylic acids is 1. The molecule has 0 aliphatic heterocycles. The zero-order valence-electron chi connectivity index (χ0n) is 9.42. The second-order valence-corrected chi connectivity index (χ2v) is 2.06. The Bertz CT molecular complexity index is 207. The van der Waals surface area contributed by atoms with E-state index >= 15 is 0 Å². The maximum Gasteiger partial charge on any atom is 0.327 e. The van der Waals surface area contributed by atoms with Crippen molar-refractivity contribution >= 4 is 11.9 Å². The van der Waals surface area contributed by atoms with Crippen LogP contribution >= 0.6 is 0 Å². The lowest BCUT2D eigenvalue weighted by Gasteiger charge is -1.83. The predicted octanol–water partition coefficient (Wildman–Crippen LogP) is 0.311. The molecule has 94 valence electrons. The fourth-order valence-electron chi connectivity index (χ4n) is 0.260. The van der Waals surface area contributed by atoms with Gasteiger partial charge < -0.3 is 20.1 Å². The van der Waals surface area contributed by atoms with Gasteiger partial charge >= 0.3 is 11.9 Å². The Labute approximate surface area is 94.5 Å². The number of esters is 1. The third kappa shape index (κ3) is 55.6. The van der Waals surface area contributed by atoms with Gasteiger partial charge in [-0.15, -0.1) is 0 Å². The molecule has 16 heavy (non-hydrogen) atoms. The molecule has 0 rings (SSSR count). The van der Waals surface area contributed by atoms with Crippen molar-refractivity contribution in [2.45, 2.75) is 13.8 Å². The van der Waals surface area contributed by atoms with E-state index in [1.165, 1.54) is 13.0 Å². The van der Waals surface area contributed by atoms with E-state index in [-0.39, 0.29) is 19.2 Å². The lowest BCUT2D eigenvalue weighted by Crippen LogP contribution is -1.87. The minimum absolute atomic E-state index is 0.125. The predicted molar refractivity (Wildman–Crippen MR) is 58.6 cm³/mol. The number of aliphatic hydroxyl groups excluding tert-OH is 2. The number of carbonyl (C=O) groups is 2. The normalized spacial score (nSPS) is 8.00. The average Bonchev–Trinajstić information content (AvgIpc) is 2.18. The molecule has 0 aromatic carbocycles. The van der Waals surface area contributed by atoms with Gasteiger partial charge in [0.05, 0.1) is 19.5 Å². The molecular formula is C10H18O6. The highest BCUT2D eigenvalue weighted by Crippen LogP contribution is 1.70. The van der Waals surface area contributed by atoms with E-state index in [0.717, 1.165) is 12.3 Å². The van der Waals surface area contributed by atoms with Crippen LogP contribution in [0.15, 0.2) is 25.0 Å². The molecule has 0 aliphatic rings. The van der Waals surface area contributed by atoms with Gasteiger partial charge in [-0.3, -0.25) is 4.79 Å². The van der Waals surface area contributed by atoms with Gasteiger partial charge in [0.15, 0.2) is 0 Å². The SMILES string of the molecule is C=COC(C)=O.CC=CC(=O)O.OCCO. The standard InChI is InChI=1S/2C4H6O2.C2H6O2/c1-3-6-4(2)5;1-2-3-4(5)6;3-1-2-4/h3H,1H2,2H3;2-3H,1H3,(H,5,6);3-4H,1-2H2. The third-order valence-electron chi connectivity index (χ3n) is 0.659. The Hall–Kier alpha value is -1.66. The number of allylic oxidation sites excluding steroid dienone is 1. The molecule has 0 aromatic heterocycles. The second-order valence-electron chi connectivity index (χ2n) is 2.06. The smallest absolute Gasteiger partial charge is 0.327 e. The summed E-state index contributed by atoms with van der Waals surface area (Å²) in [6.07, 6.45) is 3.66. The second kappa shape index (κ2) is 19.0. The first-order valence-electron chi connectivity index (χ1n) is 4.31. The first-order chi connectivity index (χ1) is 7.45. The van der Waals surface area contributed by atoms with Crippen molar-refractivity contribution in [2.75, 3.05) is 13.2 Å². The fraction of sp³-hybridized carbons (Fsp3) is 0.400. The summed E-state index contributed by atoms with van der Waals surface area (Å²) in [5, 5.41) is 23.1. The summed E-state index contributed by atoms with van der Waals surface area (Å²) in [5.74, 6) is -1.22. The zero-order chi connectivity index (χ0) is 13.4. The molecule has 0 fully saturated rings. The van der Waals surface area contributed by atoms with Crippen LogP contribution in [0.3, 0.4) is 0 Å². The quantitative estimate of drug-likeness (QED) is 0.369. The zero-order valence-corrected chi connectivity index (χ0v) is 9.42. The molecule has 0 aliphatic carbocycles. The lowest BCUT2D eigenvalue weighted by molar-refractivity contribution is -0.135. The highest BCUT2D eigenvalue weighted by Gasteiger charge is 1.79. The number of aliphatic hydroxyl groups is 2. The first-order valence-corrected chi connectivity index (χ1v) is 4.31. The lowest BCUT2D eigenvalue weighted by atomic mass is 10.5. The van der Waals surface area contributed by atoms with Crippen LogP contribution in [-0.4, -0.2) is 40.5 Å². The van der Waals surface area contributed by atoms with E-state index in [1.807, 2.05) is 0 Å². The van der Waals surface area contributed by atoms with Crippen molar-refractivity contribution in [3.05, 3.63) is 25.0 Å². The number of hydrogen-bond donors (Lipinski definition) is 3. The molecule has 0 spiro atoms. The summed E-state index contributed by atoms with van der Waals surface area (Å²) in [6.45, 7) is 5.89. The molecule has 6 heteroatoms. The molecule has 0 aromatic rings. The van der Waals surface area contributed by atoms with Gasteiger partial charge in [-0.25, -0.2) is 4.79 Å². The van der Waals surface area contributed by atoms with Crippen LogP contribution < -0.4 is 0 Å². The van der Waals surface area contributed by atoms with E-state index in [1.54, 1.807) is 6.92 Å². The Balaban J connectivity index is -0.000000162. The van der Waals surface area contributed by atoms with Crippen molar-refractivity contribution in [2.24, 2.45) is 0 Å². The molecule has 0 saturated carbocycles. The van der Waals surface area contributed by atoms with Crippen molar-refractivity contribution < 1.29 is 29.6 Å². The minimum atomic E-state index is -0.891. The number of ether oxygens (including phenoxy) is 1. The van der Waals surface area contributed by atoms with Gasteiger partial charge in [0.25, 0.3) is 0 Å². The number of rotatable bonds is 3. The molecule has 0 atom stereocenters. The van der Waals surface area contributed by atoms with Gasteiger partial charge in [-0.1, -0.05) is 12.7 Å². The van der Waals surface area contributed by atoms with Crippen LogP contribution in [0.2, 0.25) is 0 Å². The summed E-state index contributed by atoms with van der Waals surface area (Å²) in [7, 11) is 0. The summed E-state index contributed by atoms with van der Waals surface area (Å²) in [6, 6.07) is 0. The van der Waals surface area contributed by atoms with Crippen molar-refractivity contribution in [3.63, 3.8) is 0 Å². The summed E-state index contributed by atoms with van der Waals surface area (Å²) < 4.78 is 4.17. The minimum Gasteiger partial charge on any atom is -0.478 e. The van der Waals surface area contributed by atoms with Crippen LogP contribution in [0.5, 0.6) is 0 Å². The van der Waals surface area contributed by atoms with Crippen molar-refractivity contribution in [1.29, 1.82) is 0 Å². The summed E-state index contributed by atoms with van der Waals surface area (Å²) in [5.41, 5.74) is 0. The summed E-state index contributed by atoms with van der Waals surface area (Å²) in [4.78, 5) is 19.3. The molecule has 0 unspecified atom stereocenters. The first kappa shape index (κ1) is 19.8. The summed E-state index contributed by atoms with van der Waals surface area (Å²) >= 11 is 0. The maximum atomic E-state index is 9.75. The van der Waals surface area contributed by atoms with E-state index in [4.69, 9.17) is 15.3 Å². The van der Waals surface area contributed by atoms with E-state index < -0.39 is 5.97 Å². The Morgan fingerprint density at radius 1 is 1.31 bits per heavy atom. The van der Waals surface area contributed by atoms with Crippen LogP contribution in [0.25, 0.3) is 0 Å². The molecule has 0 amide bonds.